The molecule has 8 rings (SSSR count). The van der Waals surface area contributed by atoms with Crippen molar-refractivity contribution in [3.63, 3.8) is 0 Å². The fraction of sp³-hybridized carbons (Fsp3) is 0.226. The number of hydrogen-bond acceptors (Lipinski definition) is 8. The van der Waals surface area contributed by atoms with Crippen molar-refractivity contribution in [1.29, 1.82) is 0 Å². The zero-order valence-corrected chi connectivity index (χ0v) is 37.8. The maximum absolute atomic E-state index is 14.8. The van der Waals surface area contributed by atoms with Gasteiger partial charge in [-0.25, -0.2) is 4.79 Å². The highest BCUT2D eigenvalue weighted by Gasteiger charge is 2.52. The molecule has 2 aliphatic carbocycles. The number of nitrogens with one attached hydrogen (secondary N) is 4. The number of carbonyl (C=O) groups excluding carboxylic acids is 5. The van der Waals surface area contributed by atoms with Gasteiger partial charge in [-0.2, -0.15) is 0 Å². The Morgan fingerprint density at radius 1 is 0.682 bits per heavy atom. The Bertz CT molecular complexity index is 2560. The lowest BCUT2D eigenvalue weighted by molar-refractivity contribution is -0.141. The van der Waals surface area contributed by atoms with Crippen LogP contribution in [-0.4, -0.2) is 73.4 Å². The molecule has 0 spiro atoms. The minimum Gasteiger partial charge on any atom is -0.468 e. The molecule has 66 heavy (non-hydrogen) atoms. The Morgan fingerprint density at radius 3 is 1.76 bits per heavy atom. The van der Waals surface area contributed by atoms with Crippen molar-refractivity contribution in [2.75, 3.05) is 26.0 Å². The number of alkyl carbamates (subject to hydrolysis) is 1. The van der Waals surface area contributed by atoms with Gasteiger partial charge in [0.25, 0.3) is 0 Å². The summed E-state index contributed by atoms with van der Waals surface area (Å²) >= 11 is 7.85. The van der Waals surface area contributed by atoms with Crippen molar-refractivity contribution in [3.8, 4) is 11.1 Å². The molecule has 0 saturated heterocycles. The predicted octanol–water partition coefficient (Wildman–Crippen LogP) is 7.94. The average Bonchev–Trinajstić information content (AvgIpc) is 4.07. The number of halogens is 1. The number of thioether (sulfide) groups is 1. The molecule has 2 atom stereocenters. The zero-order chi connectivity index (χ0) is 46.1. The molecule has 11 nitrogen and oxygen atoms in total. The number of ether oxygens (including phenoxy) is 2. The fourth-order valence-corrected chi connectivity index (χ4v) is 10.3. The molecule has 0 unspecified atom stereocenters. The Labute approximate surface area is 393 Å². The van der Waals surface area contributed by atoms with Crippen molar-refractivity contribution >= 4 is 53.1 Å². The van der Waals surface area contributed by atoms with Gasteiger partial charge in [-0.3, -0.25) is 19.2 Å². The van der Waals surface area contributed by atoms with Gasteiger partial charge in [0.1, 0.15) is 30.8 Å². The third-order valence-electron chi connectivity index (χ3n) is 12.1. The van der Waals surface area contributed by atoms with Crippen molar-refractivity contribution in [3.05, 3.63) is 202 Å². The van der Waals surface area contributed by atoms with Crippen LogP contribution in [0.4, 0.5) is 4.79 Å². The van der Waals surface area contributed by atoms with E-state index in [1.807, 2.05) is 140 Å². The molecule has 1 saturated carbocycles. The average molecular weight is 922 g/mol. The second kappa shape index (κ2) is 20.5. The number of methoxy groups -OCH3 is 1. The van der Waals surface area contributed by atoms with Crippen LogP contribution in [0.1, 0.15) is 52.1 Å². The lowest BCUT2D eigenvalue weighted by Crippen LogP contribution is -2.59. The maximum atomic E-state index is 14.8. The molecule has 13 heteroatoms. The van der Waals surface area contributed by atoms with Gasteiger partial charge in [0.05, 0.1) is 11.9 Å². The van der Waals surface area contributed by atoms with Crippen LogP contribution in [0.5, 0.6) is 0 Å². The SMILES string of the molecule is COC(=O)CNC(=O)C1(NC(=O)[C@@H](CSC(c2ccccc2)(c2ccccc2)c2ccccc2)NC(=O)[C@@H](Cc2cccc(Cl)c2)NC(=O)OCC2c3ccccc3-c3ccccc32)CC1. The lowest BCUT2D eigenvalue weighted by Gasteiger charge is -2.37. The smallest absolute Gasteiger partial charge is 0.407 e. The van der Waals surface area contributed by atoms with Gasteiger partial charge < -0.3 is 30.7 Å². The quantitative estimate of drug-likeness (QED) is 0.0502. The first-order valence-corrected chi connectivity index (χ1v) is 23.1. The molecule has 0 aliphatic heterocycles. The summed E-state index contributed by atoms with van der Waals surface area (Å²) in [6, 6.07) is 50.3. The molecule has 0 heterocycles. The molecular weight excluding hydrogens is 872 g/mol. The Kier molecular flexibility index (Phi) is 14.2. The van der Waals surface area contributed by atoms with E-state index in [0.29, 0.717) is 23.4 Å². The van der Waals surface area contributed by atoms with Crippen molar-refractivity contribution in [1.82, 2.24) is 21.3 Å². The molecule has 0 aromatic heterocycles. The van der Waals surface area contributed by atoms with Gasteiger partial charge in [0.15, 0.2) is 0 Å². The van der Waals surface area contributed by atoms with E-state index in [4.69, 9.17) is 21.1 Å². The molecule has 4 N–H and O–H groups in total. The first-order chi connectivity index (χ1) is 32.1. The van der Waals surface area contributed by atoms with E-state index in [1.54, 1.807) is 24.3 Å². The van der Waals surface area contributed by atoms with Crippen LogP contribution < -0.4 is 21.3 Å². The highest BCUT2D eigenvalue weighted by molar-refractivity contribution is 8.00. The highest BCUT2D eigenvalue weighted by Crippen LogP contribution is 2.49. The van der Waals surface area contributed by atoms with Crippen LogP contribution in [-0.2, 0) is 39.8 Å². The Hall–Kier alpha value is -6.89. The second-order valence-electron chi connectivity index (χ2n) is 16.3. The zero-order valence-electron chi connectivity index (χ0n) is 36.2. The monoisotopic (exact) mass is 920 g/mol. The maximum Gasteiger partial charge on any atom is 0.407 e. The van der Waals surface area contributed by atoms with Gasteiger partial charge in [0, 0.05) is 23.1 Å². The predicted molar refractivity (Wildman–Crippen MR) is 256 cm³/mol. The Balaban J connectivity index is 1.09. The number of amides is 4. The third kappa shape index (κ3) is 10.1. The molecule has 0 radical (unpaired) electrons. The minimum atomic E-state index is -1.30. The Morgan fingerprint density at radius 2 is 1.23 bits per heavy atom. The fourth-order valence-electron chi connectivity index (χ4n) is 8.57. The molecule has 6 aromatic carbocycles. The summed E-state index contributed by atoms with van der Waals surface area (Å²) in [7, 11) is 1.22. The van der Waals surface area contributed by atoms with Gasteiger partial charge in [0.2, 0.25) is 17.7 Å². The van der Waals surface area contributed by atoms with Gasteiger partial charge >= 0.3 is 12.1 Å². The van der Waals surface area contributed by atoms with Gasteiger partial charge in [-0.1, -0.05) is 163 Å². The topological polar surface area (TPSA) is 152 Å². The van der Waals surface area contributed by atoms with Crippen LogP contribution in [0.2, 0.25) is 5.02 Å². The second-order valence-corrected chi connectivity index (χ2v) is 18.0. The highest BCUT2D eigenvalue weighted by atomic mass is 35.5. The summed E-state index contributed by atoms with van der Waals surface area (Å²) in [5.41, 5.74) is 6.41. The third-order valence-corrected chi connectivity index (χ3v) is 14.0. The van der Waals surface area contributed by atoms with E-state index in [-0.39, 0.29) is 31.2 Å². The van der Waals surface area contributed by atoms with Crippen LogP contribution in [0.15, 0.2) is 164 Å². The van der Waals surface area contributed by atoms with E-state index in [1.165, 1.54) is 18.9 Å². The first kappa shape index (κ1) is 45.7. The molecule has 2 aliphatic rings. The van der Waals surface area contributed by atoms with Gasteiger partial charge in [-0.15, -0.1) is 11.8 Å². The molecule has 6 aromatic rings. The van der Waals surface area contributed by atoms with E-state index in [0.717, 1.165) is 38.9 Å². The van der Waals surface area contributed by atoms with Crippen LogP contribution in [0, 0.1) is 0 Å². The summed E-state index contributed by atoms with van der Waals surface area (Å²) in [6.45, 7) is -0.350. The van der Waals surface area contributed by atoms with Crippen LogP contribution >= 0.6 is 23.4 Å². The van der Waals surface area contributed by atoms with E-state index < -0.39 is 52.2 Å². The van der Waals surface area contributed by atoms with Gasteiger partial charge in [-0.05, 0) is 69.5 Å². The van der Waals surface area contributed by atoms with Crippen LogP contribution in [0.3, 0.4) is 0 Å². The van der Waals surface area contributed by atoms with E-state index in [2.05, 4.69) is 21.3 Å². The number of hydrogen-bond donors (Lipinski definition) is 4. The molecular formula is C53H49ClN4O7S. The summed E-state index contributed by atoms with van der Waals surface area (Å²) in [5, 5.41) is 11.7. The first-order valence-electron chi connectivity index (χ1n) is 21.7. The van der Waals surface area contributed by atoms with E-state index >= 15 is 0 Å². The number of rotatable bonds is 18. The van der Waals surface area contributed by atoms with E-state index in [9.17, 15) is 24.0 Å². The summed E-state index contributed by atoms with van der Waals surface area (Å²) in [6.07, 6.45) is -0.158. The standard InChI is InChI=1S/C53H49ClN4O7S/c1-64-47(59)32-55-50(62)52(28-29-52)58-49(61)46(34-66-53(36-17-5-2-6-18-36,37-19-7-3-8-20-37)38-21-9-4-10-22-38)56-48(60)45(31-35-16-15-23-39(54)30-35)57-51(63)65-33-44-42-26-13-11-24-40(42)41-25-12-14-27-43(41)44/h2-27,30,44-46H,28-29,31-34H2,1H3,(H,55,62)(H,56,60)(H,57,63)(H,58,61)/t45-,46-/m1/s1. The van der Waals surface area contributed by atoms with Crippen LogP contribution in [0.25, 0.3) is 11.1 Å². The molecule has 1 fully saturated rings. The molecule has 0 bridgehead atoms. The van der Waals surface area contributed by atoms with Crippen molar-refractivity contribution in [2.45, 2.75) is 47.6 Å². The normalized spacial score (nSPS) is 14.3. The van der Waals surface area contributed by atoms with Crippen molar-refractivity contribution in [2.24, 2.45) is 0 Å². The number of benzene rings is 6. The van der Waals surface area contributed by atoms with Crippen molar-refractivity contribution < 1.29 is 33.4 Å². The molecule has 4 amide bonds. The lowest BCUT2D eigenvalue weighted by atomic mass is 9.84. The summed E-state index contributed by atoms with van der Waals surface area (Å²) in [5.74, 6) is -2.65. The largest absolute Gasteiger partial charge is 0.468 e. The number of esters is 1. The summed E-state index contributed by atoms with van der Waals surface area (Å²) in [4.78, 5) is 68.7. The molecule has 336 valence electrons. The number of carbonyl (C=O) groups is 5. The minimum absolute atomic E-state index is 0.0138. The summed E-state index contributed by atoms with van der Waals surface area (Å²) < 4.78 is 9.73. The number of fused-ring (bicyclic) bond motifs is 3.